The van der Waals surface area contributed by atoms with Gasteiger partial charge in [0.15, 0.2) is 0 Å². The highest BCUT2D eigenvalue weighted by molar-refractivity contribution is 8.00. The van der Waals surface area contributed by atoms with Gasteiger partial charge in [0, 0.05) is 48.2 Å². The topological polar surface area (TPSA) is 50.2 Å². The number of aromatic nitrogens is 2. The molecule has 1 N–H and O–H groups in total. The first-order valence-electron chi connectivity index (χ1n) is 9.38. The van der Waals surface area contributed by atoms with E-state index in [1.165, 1.54) is 10.5 Å². The van der Waals surface area contributed by atoms with Crippen molar-refractivity contribution in [2.45, 2.75) is 55.8 Å². The molecule has 1 aromatic carbocycles. The van der Waals surface area contributed by atoms with Crippen molar-refractivity contribution in [3.63, 3.8) is 0 Å². The second-order valence-electron chi connectivity index (χ2n) is 6.93. The third-order valence-corrected chi connectivity index (χ3v) is 6.21. The Kier molecular flexibility index (Phi) is 6.61. The fourth-order valence-electron chi connectivity index (χ4n) is 3.18. The Labute approximate surface area is 160 Å². The van der Waals surface area contributed by atoms with E-state index < -0.39 is 0 Å². The summed E-state index contributed by atoms with van der Waals surface area (Å²) in [4.78, 5) is 19.9. The maximum atomic E-state index is 12.6. The zero-order valence-electron chi connectivity index (χ0n) is 15.6. The van der Waals surface area contributed by atoms with E-state index in [1.807, 2.05) is 27.4 Å². The molecule has 1 saturated heterocycles. The number of hydrogen-bond acceptors (Lipinski definition) is 3. The van der Waals surface area contributed by atoms with Gasteiger partial charge < -0.3 is 14.8 Å². The van der Waals surface area contributed by atoms with E-state index >= 15 is 0 Å². The van der Waals surface area contributed by atoms with Gasteiger partial charge in [-0.3, -0.25) is 0 Å². The van der Waals surface area contributed by atoms with Crippen molar-refractivity contribution in [3.8, 4) is 0 Å². The van der Waals surface area contributed by atoms with Crippen LogP contribution < -0.4 is 5.32 Å². The molecule has 2 aromatic rings. The summed E-state index contributed by atoms with van der Waals surface area (Å²) < 4.78 is 2.01. The molecular weight excluding hydrogens is 344 g/mol. The maximum Gasteiger partial charge on any atom is 0.317 e. The lowest BCUT2D eigenvalue weighted by atomic mass is 10.1. The van der Waals surface area contributed by atoms with E-state index in [4.69, 9.17) is 0 Å². The number of nitrogens with one attached hydrogen (secondary N) is 1. The maximum absolute atomic E-state index is 12.6. The van der Waals surface area contributed by atoms with Gasteiger partial charge in [-0.15, -0.1) is 11.8 Å². The molecule has 1 aliphatic heterocycles. The summed E-state index contributed by atoms with van der Waals surface area (Å²) in [5.74, 6) is 0. The Balaban J connectivity index is 1.44. The average Bonchev–Trinajstić information content (AvgIpc) is 3.16. The highest BCUT2D eigenvalue weighted by Crippen LogP contribution is 2.30. The van der Waals surface area contributed by atoms with E-state index in [0.717, 1.165) is 38.9 Å². The SMILES string of the molecule is CC[C@@H](Cn1ccnc1)NC(=O)N1CCC(Sc2ccc(C)cc2)CC1. The minimum absolute atomic E-state index is 0.0655. The van der Waals surface area contributed by atoms with Crippen LogP contribution in [0.15, 0.2) is 47.9 Å². The molecule has 1 aromatic heterocycles. The number of urea groups is 1. The zero-order chi connectivity index (χ0) is 18.4. The quantitative estimate of drug-likeness (QED) is 0.836. The van der Waals surface area contributed by atoms with Crippen LogP contribution in [0.2, 0.25) is 0 Å². The number of amides is 2. The molecule has 0 aliphatic carbocycles. The van der Waals surface area contributed by atoms with Gasteiger partial charge in [0.2, 0.25) is 0 Å². The molecule has 140 valence electrons. The molecule has 0 unspecified atom stereocenters. The zero-order valence-corrected chi connectivity index (χ0v) is 16.4. The minimum Gasteiger partial charge on any atom is -0.335 e. The summed E-state index contributed by atoms with van der Waals surface area (Å²) in [7, 11) is 0. The monoisotopic (exact) mass is 372 g/mol. The Bertz CT molecular complexity index is 678. The lowest BCUT2D eigenvalue weighted by molar-refractivity contribution is 0.182. The molecule has 2 heterocycles. The second kappa shape index (κ2) is 9.12. The van der Waals surface area contributed by atoms with Gasteiger partial charge in [-0.25, -0.2) is 9.78 Å². The lowest BCUT2D eigenvalue weighted by Gasteiger charge is -2.33. The van der Waals surface area contributed by atoms with Crippen LogP contribution in [0.4, 0.5) is 4.79 Å². The van der Waals surface area contributed by atoms with Crippen LogP contribution >= 0.6 is 11.8 Å². The number of rotatable bonds is 6. The van der Waals surface area contributed by atoms with Crippen molar-refractivity contribution in [2.75, 3.05) is 13.1 Å². The van der Waals surface area contributed by atoms with Crippen LogP contribution in [-0.2, 0) is 6.54 Å². The predicted molar refractivity (Wildman–Crippen MR) is 106 cm³/mol. The highest BCUT2D eigenvalue weighted by Gasteiger charge is 2.24. The van der Waals surface area contributed by atoms with Gasteiger partial charge in [0.25, 0.3) is 0 Å². The van der Waals surface area contributed by atoms with Crippen LogP contribution in [0.25, 0.3) is 0 Å². The highest BCUT2D eigenvalue weighted by atomic mass is 32.2. The molecule has 0 spiro atoms. The van der Waals surface area contributed by atoms with Crippen LogP contribution in [-0.4, -0.2) is 44.9 Å². The smallest absolute Gasteiger partial charge is 0.317 e. The number of carbonyl (C=O) groups is 1. The number of imidazole rings is 1. The van der Waals surface area contributed by atoms with Gasteiger partial charge in [-0.05, 0) is 38.3 Å². The molecule has 2 amide bonds. The normalized spacial score (nSPS) is 16.5. The Hall–Kier alpha value is -1.95. The molecule has 26 heavy (non-hydrogen) atoms. The molecule has 1 fully saturated rings. The van der Waals surface area contributed by atoms with Crippen molar-refractivity contribution >= 4 is 17.8 Å². The predicted octanol–water partition coefficient (Wildman–Crippen LogP) is 3.94. The summed E-state index contributed by atoms with van der Waals surface area (Å²) >= 11 is 1.94. The largest absolute Gasteiger partial charge is 0.335 e. The van der Waals surface area contributed by atoms with Gasteiger partial charge in [-0.2, -0.15) is 0 Å². The van der Waals surface area contributed by atoms with Gasteiger partial charge in [0.1, 0.15) is 0 Å². The van der Waals surface area contributed by atoms with Crippen molar-refractivity contribution < 1.29 is 4.79 Å². The van der Waals surface area contributed by atoms with Gasteiger partial charge >= 0.3 is 6.03 Å². The molecule has 0 radical (unpaired) electrons. The van der Waals surface area contributed by atoms with E-state index in [-0.39, 0.29) is 12.1 Å². The van der Waals surface area contributed by atoms with Crippen LogP contribution in [0.5, 0.6) is 0 Å². The fraction of sp³-hybridized carbons (Fsp3) is 0.500. The summed E-state index contributed by atoms with van der Waals surface area (Å²) in [5, 5.41) is 3.77. The Morgan fingerprint density at radius 3 is 2.65 bits per heavy atom. The van der Waals surface area contributed by atoms with E-state index in [9.17, 15) is 4.79 Å². The number of thioether (sulfide) groups is 1. The third-order valence-electron chi connectivity index (χ3n) is 4.86. The minimum atomic E-state index is 0.0655. The van der Waals surface area contributed by atoms with E-state index in [1.54, 1.807) is 12.5 Å². The second-order valence-corrected chi connectivity index (χ2v) is 8.31. The van der Waals surface area contributed by atoms with Gasteiger partial charge in [0.05, 0.1) is 6.33 Å². The molecule has 0 saturated carbocycles. The van der Waals surface area contributed by atoms with Crippen molar-refractivity contribution in [1.29, 1.82) is 0 Å². The molecule has 3 rings (SSSR count). The number of hydrogen-bond donors (Lipinski definition) is 1. The number of aryl methyl sites for hydroxylation is 1. The van der Waals surface area contributed by atoms with Crippen LogP contribution in [0.1, 0.15) is 31.7 Å². The average molecular weight is 373 g/mol. The number of benzene rings is 1. The lowest BCUT2D eigenvalue weighted by Crippen LogP contribution is -2.49. The third kappa shape index (κ3) is 5.27. The van der Waals surface area contributed by atoms with E-state index in [2.05, 4.69) is 48.4 Å². The first kappa shape index (κ1) is 18.8. The summed E-state index contributed by atoms with van der Waals surface area (Å²) in [6.45, 7) is 6.64. The van der Waals surface area contributed by atoms with Crippen molar-refractivity contribution in [3.05, 3.63) is 48.5 Å². The first-order chi connectivity index (χ1) is 12.6. The van der Waals surface area contributed by atoms with Crippen molar-refractivity contribution in [2.24, 2.45) is 0 Å². The Morgan fingerprint density at radius 2 is 2.04 bits per heavy atom. The standard InChI is InChI=1S/C20H28N4OS/c1-3-17(14-23-13-10-21-15-23)22-20(25)24-11-8-19(9-12-24)26-18-6-4-16(2)5-7-18/h4-7,10,13,15,17,19H,3,8-9,11-12,14H2,1-2H3,(H,22,25)/t17-/m0/s1. The Morgan fingerprint density at radius 1 is 1.31 bits per heavy atom. The van der Waals surface area contributed by atoms with Gasteiger partial charge in [-0.1, -0.05) is 24.6 Å². The van der Waals surface area contributed by atoms with E-state index in [0.29, 0.717) is 5.25 Å². The molecular formula is C20H28N4OS. The van der Waals surface area contributed by atoms with Crippen LogP contribution in [0, 0.1) is 6.92 Å². The molecule has 1 atom stereocenters. The summed E-state index contributed by atoms with van der Waals surface area (Å²) in [6.07, 6.45) is 8.49. The fourth-order valence-corrected chi connectivity index (χ4v) is 4.30. The summed E-state index contributed by atoms with van der Waals surface area (Å²) in [5.41, 5.74) is 1.29. The first-order valence-corrected chi connectivity index (χ1v) is 10.3. The number of likely N-dealkylation sites (tertiary alicyclic amines) is 1. The molecule has 0 bridgehead atoms. The summed E-state index contributed by atoms with van der Waals surface area (Å²) in [6, 6.07) is 8.92. The molecule has 5 nitrogen and oxygen atoms in total. The number of carbonyl (C=O) groups excluding carboxylic acids is 1. The van der Waals surface area contributed by atoms with Crippen molar-refractivity contribution in [1.82, 2.24) is 19.8 Å². The number of nitrogens with zero attached hydrogens (tertiary/aromatic N) is 3. The molecule has 1 aliphatic rings. The number of piperidine rings is 1. The van der Waals surface area contributed by atoms with Crippen LogP contribution in [0.3, 0.4) is 0 Å². The molecule has 6 heteroatoms.